The first kappa shape index (κ1) is 10.1. The van der Waals surface area contributed by atoms with Crippen LogP contribution in [0, 0.1) is 0 Å². The molecule has 68 valence electrons. The molecule has 0 fully saturated rings. The van der Waals surface area contributed by atoms with Crippen LogP contribution in [0.1, 0.15) is 31.2 Å². The lowest BCUT2D eigenvalue weighted by molar-refractivity contribution is 0.838. The molecule has 1 unspecified atom stereocenters. The fourth-order valence-electron chi connectivity index (χ4n) is 0.859. The highest BCUT2D eigenvalue weighted by molar-refractivity contribution is 8.01. The van der Waals surface area contributed by atoms with Crippen molar-refractivity contribution in [3.63, 3.8) is 0 Å². The predicted molar refractivity (Wildman–Crippen MR) is 57.9 cm³/mol. The van der Waals surface area contributed by atoms with E-state index in [4.69, 9.17) is 5.73 Å². The van der Waals surface area contributed by atoms with E-state index in [1.807, 2.05) is 30.0 Å². The number of hydrogen-bond donors (Lipinski definition) is 1. The molecule has 1 nitrogen and oxygen atoms in total. The van der Waals surface area contributed by atoms with Crippen LogP contribution in [-0.4, -0.2) is 5.75 Å². The molecule has 0 bridgehead atoms. The van der Waals surface area contributed by atoms with Crippen molar-refractivity contribution in [3.8, 4) is 0 Å². The average molecular weight is 201 g/mol. The van der Waals surface area contributed by atoms with Gasteiger partial charge in [-0.1, -0.05) is 6.92 Å². The summed E-state index contributed by atoms with van der Waals surface area (Å²) in [4.78, 5) is 1.29. The normalized spacial score (nSPS) is 13.2. The third-order valence-electron chi connectivity index (χ3n) is 1.50. The van der Waals surface area contributed by atoms with Gasteiger partial charge in [0.2, 0.25) is 0 Å². The van der Waals surface area contributed by atoms with E-state index in [2.05, 4.69) is 19.1 Å². The van der Waals surface area contributed by atoms with Gasteiger partial charge in [0.05, 0.1) is 4.21 Å². The topological polar surface area (TPSA) is 26.0 Å². The molecule has 12 heavy (non-hydrogen) atoms. The summed E-state index contributed by atoms with van der Waals surface area (Å²) < 4.78 is 1.39. The SMILES string of the molecule is CCCSc1ccc(C(C)N)s1. The standard InChI is InChI=1S/C9H15NS2/c1-3-6-11-9-5-4-8(12-9)7(2)10/h4-5,7H,3,6,10H2,1-2H3. The molecule has 2 N–H and O–H groups in total. The Balaban J connectivity index is 2.52. The maximum Gasteiger partial charge on any atom is 0.0602 e. The lowest BCUT2D eigenvalue weighted by Gasteiger charge is -1.98. The van der Waals surface area contributed by atoms with Gasteiger partial charge >= 0.3 is 0 Å². The van der Waals surface area contributed by atoms with E-state index in [-0.39, 0.29) is 6.04 Å². The van der Waals surface area contributed by atoms with Gasteiger partial charge in [0.25, 0.3) is 0 Å². The van der Waals surface area contributed by atoms with Crippen LogP contribution in [0.25, 0.3) is 0 Å². The van der Waals surface area contributed by atoms with Crippen molar-refractivity contribution in [1.82, 2.24) is 0 Å². The third kappa shape index (κ3) is 2.81. The zero-order valence-electron chi connectivity index (χ0n) is 7.54. The first-order chi connectivity index (χ1) is 5.74. The Bertz CT molecular complexity index is 230. The fraction of sp³-hybridized carbons (Fsp3) is 0.556. The Hall–Kier alpha value is 0.01000. The van der Waals surface area contributed by atoms with E-state index in [1.54, 1.807) is 0 Å². The molecule has 0 aliphatic rings. The van der Waals surface area contributed by atoms with Gasteiger partial charge in [-0.3, -0.25) is 0 Å². The molecular formula is C9H15NS2. The first-order valence-electron chi connectivity index (χ1n) is 4.22. The minimum Gasteiger partial charge on any atom is -0.324 e. The maximum atomic E-state index is 5.76. The van der Waals surface area contributed by atoms with Crippen LogP contribution < -0.4 is 5.73 Å². The minimum atomic E-state index is 0.186. The summed E-state index contributed by atoms with van der Waals surface area (Å²) in [6.07, 6.45) is 1.23. The summed E-state index contributed by atoms with van der Waals surface area (Å²) >= 11 is 3.74. The molecule has 0 aromatic carbocycles. The van der Waals surface area contributed by atoms with Gasteiger partial charge in [-0.2, -0.15) is 0 Å². The number of rotatable bonds is 4. The van der Waals surface area contributed by atoms with Crippen molar-refractivity contribution in [3.05, 3.63) is 17.0 Å². The van der Waals surface area contributed by atoms with Gasteiger partial charge < -0.3 is 5.73 Å². The Labute approximate surface area is 82.4 Å². The Morgan fingerprint density at radius 3 is 2.83 bits per heavy atom. The van der Waals surface area contributed by atoms with E-state index in [1.165, 1.54) is 21.3 Å². The van der Waals surface area contributed by atoms with Crippen LogP contribution in [0.2, 0.25) is 0 Å². The first-order valence-corrected chi connectivity index (χ1v) is 6.02. The van der Waals surface area contributed by atoms with Crippen LogP contribution in [-0.2, 0) is 0 Å². The van der Waals surface area contributed by atoms with Crippen molar-refractivity contribution in [1.29, 1.82) is 0 Å². The van der Waals surface area contributed by atoms with Crippen molar-refractivity contribution < 1.29 is 0 Å². The van der Waals surface area contributed by atoms with E-state index >= 15 is 0 Å². The van der Waals surface area contributed by atoms with E-state index in [9.17, 15) is 0 Å². The van der Waals surface area contributed by atoms with Crippen molar-refractivity contribution in [2.75, 3.05) is 5.75 Å². The highest BCUT2D eigenvalue weighted by atomic mass is 32.2. The summed E-state index contributed by atoms with van der Waals surface area (Å²) in [5, 5.41) is 0. The molecule has 0 aliphatic heterocycles. The number of nitrogens with two attached hydrogens (primary N) is 1. The number of thioether (sulfide) groups is 1. The van der Waals surface area contributed by atoms with E-state index in [0.717, 1.165) is 0 Å². The molecule has 1 aromatic heterocycles. The summed E-state index contributed by atoms with van der Waals surface area (Å²) in [5.74, 6) is 1.21. The van der Waals surface area contributed by atoms with Gasteiger partial charge in [0.1, 0.15) is 0 Å². The van der Waals surface area contributed by atoms with E-state index in [0.29, 0.717) is 0 Å². The van der Waals surface area contributed by atoms with Crippen molar-refractivity contribution >= 4 is 23.1 Å². The van der Waals surface area contributed by atoms with Crippen LogP contribution in [0.4, 0.5) is 0 Å². The molecule has 3 heteroatoms. The smallest absolute Gasteiger partial charge is 0.0602 e. The van der Waals surface area contributed by atoms with Gasteiger partial charge in [0, 0.05) is 10.9 Å². The quantitative estimate of drug-likeness (QED) is 0.757. The summed E-state index contributed by atoms with van der Waals surface area (Å²) in [7, 11) is 0. The van der Waals surface area contributed by atoms with Crippen LogP contribution >= 0.6 is 23.1 Å². The summed E-state index contributed by atoms with van der Waals surface area (Å²) in [5.41, 5.74) is 5.76. The molecule has 0 saturated carbocycles. The second-order valence-electron chi connectivity index (χ2n) is 2.79. The molecule has 1 rings (SSSR count). The van der Waals surface area contributed by atoms with Crippen LogP contribution in [0.5, 0.6) is 0 Å². The third-order valence-corrected chi connectivity index (χ3v) is 4.22. The van der Waals surface area contributed by atoms with Gasteiger partial charge in [-0.15, -0.1) is 23.1 Å². The highest BCUT2D eigenvalue weighted by Crippen LogP contribution is 2.30. The molecule has 0 saturated heterocycles. The molecule has 0 radical (unpaired) electrons. The van der Waals surface area contributed by atoms with Crippen molar-refractivity contribution in [2.45, 2.75) is 30.5 Å². The van der Waals surface area contributed by atoms with Crippen LogP contribution in [0.15, 0.2) is 16.3 Å². The molecule has 0 aliphatic carbocycles. The zero-order valence-corrected chi connectivity index (χ0v) is 9.17. The van der Waals surface area contributed by atoms with Crippen LogP contribution in [0.3, 0.4) is 0 Å². The zero-order chi connectivity index (χ0) is 8.97. The van der Waals surface area contributed by atoms with Gasteiger partial charge in [-0.05, 0) is 31.2 Å². The number of thiophene rings is 1. The Kier molecular flexibility index (Phi) is 4.12. The second kappa shape index (κ2) is 4.90. The second-order valence-corrected chi connectivity index (χ2v) is 5.30. The predicted octanol–water partition coefficient (Wildman–Crippen LogP) is 3.27. The molecule has 0 amide bonds. The number of hydrogen-bond acceptors (Lipinski definition) is 3. The highest BCUT2D eigenvalue weighted by Gasteiger charge is 2.03. The molecule has 0 spiro atoms. The van der Waals surface area contributed by atoms with Crippen molar-refractivity contribution in [2.24, 2.45) is 5.73 Å². The molecule has 1 aromatic rings. The lowest BCUT2D eigenvalue weighted by Crippen LogP contribution is -2.01. The minimum absolute atomic E-state index is 0.186. The molecule has 1 atom stereocenters. The van der Waals surface area contributed by atoms with Gasteiger partial charge in [0.15, 0.2) is 0 Å². The Morgan fingerprint density at radius 1 is 1.58 bits per heavy atom. The molecular weight excluding hydrogens is 186 g/mol. The summed E-state index contributed by atoms with van der Waals surface area (Å²) in [6.45, 7) is 4.23. The Morgan fingerprint density at radius 2 is 2.33 bits per heavy atom. The molecule has 1 heterocycles. The maximum absolute atomic E-state index is 5.76. The van der Waals surface area contributed by atoms with Gasteiger partial charge in [-0.25, -0.2) is 0 Å². The summed E-state index contributed by atoms with van der Waals surface area (Å²) in [6, 6.07) is 4.49. The fourth-order valence-corrected chi connectivity index (χ4v) is 2.89. The monoisotopic (exact) mass is 201 g/mol. The lowest BCUT2D eigenvalue weighted by atomic mass is 10.3. The average Bonchev–Trinajstić information content (AvgIpc) is 2.48. The van der Waals surface area contributed by atoms with E-state index < -0.39 is 0 Å². The largest absolute Gasteiger partial charge is 0.324 e.